The molecule has 0 aromatic carbocycles. The summed E-state index contributed by atoms with van der Waals surface area (Å²) in [5.41, 5.74) is 1.28. The van der Waals surface area contributed by atoms with E-state index in [4.69, 9.17) is 4.74 Å². The van der Waals surface area contributed by atoms with E-state index in [0.29, 0.717) is 47.5 Å². The minimum Gasteiger partial charge on any atom is -0.431 e. The molecule has 0 amide bonds. The molecular weight excluding hydrogens is 797 g/mol. The van der Waals surface area contributed by atoms with Gasteiger partial charge in [0, 0.05) is 30.6 Å². The van der Waals surface area contributed by atoms with Crippen LogP contribution in [0.5, 0.6) is 0 Å². The summed E-state index contributed by atoms with van der Waals surface area (Å²) in [5, 5.41) is 0. The molecule has 13 nitrogen and oxygen atoms in total. The van der Waals surface area contributed by atoms with Crippen LogP contribution in [0.3, 0.4) is 0 Å². The molecule has 4 saturated carbocycles. The lowest BCUT2D eigenvalue weighted by Gasteiger charge is -2.18. The Morgan fingerprint density at radius 2 is 0.935 bits per heavy atom. The minimum absolute atomic E-state index is 0. The third kappa shape index (κ3) is 15.7. The van der Waals surface area contributed by atoms with Crippen molar-refractivity contribution >= 4 is 64.2 Å². The second-order valence-electron chi connectivity index (χ2n) is 15.3. The van der Waals surface area contributed by atoms with Gasteiger partial charge in [-0.05, 0) is 68.2 Å². The quantitative estimate of drug-likeness (QED) is 0.128. The number of fused-ring (bicyclic) bond motifs is 6. The van der Waals surface area contributed by atoms with Crippen LogP contribution >= 0.6 is 0 Å². The lowest BCUT2D eigenvalue weighted by molar-refractivity contribution is -0.154. The predicted octanol–water partition coefficient (Wildman–Crippen LogP) is 8.14. The Balaban J connectivity index is 0.000000707. The van der Waals surface area contributed by atoms with Crippen LogP contribution in [-0.2, 0) is 62.2 Å². The van der Waals surface area contributed by atoms with Crippen molar-refractivity contribution in [2.45, 2.75) is 147 Å². The molecule has 2 bridgehead atoms. The van der Waals surface area contributed by atoms with Gasteiger partial charge in [0.2, 0.25) is 0 Å². The summed E-state index contributed by atoms with van der Waals surface area (Å²) >= 11 is 0. The third-order valence-corrected chi connectivity index (χ3v) is 11.6. The van der Waals surface area contributed by atoms with E-state index in [1.54, 1.807) is 13.8 Å². The average molecular weight is 867 g/mol. The normalized spacial score (nSPS) is 28.7. The second kappa shape index (κ2) is 27.8. The molecule has 0 aromatic heterocycles. The fourth-order valence-corrected chi connectivity index (χ4v) is 7.83. The highest BCUT2D eigenvalue weighted by Crippen LogP contribution is 2.54. The highest BCUT2D eigenvalue weighted by atomic mass is 16.6. The first-order chi connectivity index (χ1) is 28.9. The van der Waals surface area contributed by atoms with Crippen LogP contribution in [0.2, 0.25) is 0 Å². The van der Waals surface area contributed by atoms with E-state index in [2.05, 4.69) is 23.5 Å². The molecule has 344 valence electrons. The molecule has 0 N–H and O–H groups in total. The molecule has 8 atom stereocenters. The summed E-state index contributed by atoms with van der Waals surface area (Å²) in [6.45, 7) is 22.8. The number of rotatable bonds is 0. The van der Waals surface area contributed by atoms with Crippen molar-refractivity contribution in [3.05, 3.63) is 47.8 Å². The Morgan fingerprint density at radius 3 is 1.21 bits per heavy atom. The van der Waals surface area contributed by atoms with Gasteiger partial charge in [0.25, 0.3) is 0 Å². The number of allylic oxidation sites excluding steroid dienone is 7. The number of cyclic esters (lactones) is 3. The smallest absolute Gasteiger partial charge is 0.317 e. The summed E-state index contributed by atoms with van der Waals surface area (Å²) < 4.78 is 9.57. The van der Waals surface area contributed by atoms with Crippen LogP contribution in [0, 0.1) is 47.3 Å². The molecule has 8 unspecified atom stereocenters. The topological polar surface area (TPSA) is 206 Å². The van der Waals surface area contributed by atoms with E-state index in [1.165, 1.54) is 12.2 Å². The molecule has 7 aliphatic carbocycles. The minimum atomic E-state index is -0.292. The van der Waals surface area contributed by atoms with E-state index in [-0.39, 0.29) is 127 Å². The second-order valence-corrected chi connectivity index (χ2v) is 15.3. The standard InChI is InChI=1S/C10H10O2.C8H10O3.C7H10O2.C7H8O2.C5H6O2.C5H4O2.3C2H6.CH4/c1-5-8-6-2-3-7(4-6)9(8)10(11)12-5;9-7-5-3-1-2-4-6(5)8(10)11-7;2*1-4-5(2)7(9)3-6(4)8;2*6-4-1-2-5(7)3-4;3*1-2;/h2-3,6-9H,1,4H2;5-6H,1-4H2;4-5H,3H2,1-2H3;3H2,1-2H3;1-3H2;1-2H,3H2;3*1-2H3;1H4. The van der Waals surface area contributed by atoms with Crippen LogP contribution in [0.4, 0.5) is 0 Å². The Hall–Kier alpha value is -5.07. The molecule has 0 aromatic rings. The van der Waals surface area contributed by atoms with E-state index in [1.807, 2.05) is 55.4 Å². The van der Waals surface area contributed by atoms with Gasteiger partial charge >= 0.3 is 17.9 Å². The number of Topliss-reactive ketones (excluding diaryl/α,β-unsaturated/α-hetero) is 6. The number of esters is 3. The Morgan fingerprint density at radius 1 is 0.532 bits per heavy atom. The van der Waals surface area contributed by atoms with E-state index >= 15 is 0 Å². The van der Waals surface area contributed by atoms with Crippen molar-refractivity contribution in [2.75, 3.05) is 0 Å². The highest BCUT2D eigenvalue weighted by molar-refractivity contribution is 6.21. The molecule has 13 heteroatoms. The zero-order chi connectivity index (χ0) is 46.7. The monoisotopic (exact) mass is 866 g/mol. The molecule has 2 heterocycles. The summed E-state index contributed by atoms with van der Waals surface area (Å²) in [7, 11) is 0. The van der Waals surface area contributed by atoms with Gasteiger partial charge in [-0.2, -0.15) is 0 Å². The maximum absolute atomic E-state index is 11.3. The lowest BCUT2D eigenvalue weighted by atomic mass is 9.81. The number of ketones is 8. The molecule has 9 rings (SSSR count). The van der Waals surface area contributed by atoms with Crippen LogP contribution in [0.1, 0.15) is 147 Å². The predicted molar refractivity (Wildman–Crippen MR) is 234 cm³/mol. The SMILES string of the molecule is C.C=C1OC(=O)C2C3C=CC(C3)C12.CC.CC.CC.CC1=C(C)C(=O)CC1=O.CC1C(=O)CC(=O)C1C.O=C1C=CC(=O)C1.O=C1CCC(=O)C1.O=C1OC(=O)C2CCCCC12. The maximum atomic E-state index is 11.3. The summed E-state index contributed by atoms with van der Waals surface area (Å²) in [6, 6.07) is 0. The van der Waals surface area contributed by atoms with Gasteiger partial charge in [0.1, 0.15) is 28.9 Å². The first-order valence-corrected chi connectivity index (χ1v) is 21.8. The molecular formula is C49H70O13. The fraction of sp³-hybridized carbons (Fsp3) is 0.612. The number of ether oxygens (including phenoxy) is 2. The molecule has 0 radical (unpaired) electrons. The van der Waals surface area contributed by atoms with Crippen LogP contribution in [0.15, 0.2) is 47.8 Å². The van der Waals surface area contributed by atoms with E-state index in [9.17, 15) is 52.7 Å². The van der Waals surface area contributed by atoms with Gasteiger partial charge in [0.05, 0.1) is 43.4 Å². The van der Waals surface area contributed by atoms with Crippen molar-refractivity contribution < 1.29 is 62.2 Å². The molecule has 62 heavy (non-hydrogen) atoms. The number of hydrogen-bond acceptors (Lipinski definition) is 13. The van der Waals surface area contributed by atoms with Crippen molar-refractivity contribution in [2.24, 2.45) is 47.3 Å². The maximum Gasteiger partial charge on any atom is 0.317 e. The lowest BCUT2D eigenvalue weighted by Crippen LogP contribution is -2.21. The Labute approximate surface area is 368 Å². The zero-order valence-corrected chi connectivity index (χ0v) is 37.7. The molecule has 2 saturated heterocycles. The Bertz CT molecular complexity index is 1690. The third-order valence-electron chi connectivity index (χ3n) is 11.6. The van der Waals surface area contributed by atoms with Crippen molar-refractivity contribution in [1.29, 1.82) is 0 Å². The van der Waals surface area contributed by atoms with Gasteiger partial charge < -0.3 is 9.47 Å². The van der Waals surface area contributed by atoms with Crippen molar-refractivity contribution in [3.8, 4) is 0 Å². The van der Waals surface area contributed by atoms with Gasteiger partial charge in [-0.3, -0.25) is 52.7 Å². The van der Waals surface area contributed by atoms with E-state index in [0.717, 1.165) is 32.1 Å². The van der Waals surface area contributed by atoms with Crippen LogP contribution in [-0.4, -0.2) is 64.2 Å². The number of carbonyl (C=O) groups excluding carboxylic acids is 11. The van der Waals surface area contributed by atoms with E-state index < -0.39 is 0 Å². The fourth-order valence-electron chi connectivity index (χ4n) is 7.83. The first kappa shape index (κ1) is 56.9. The number of hydrogen-bond donors (Lipinski definition) is 0. The number of carbonyl (C=O) groups is 11. The largest absolute Gasteiger partial charge is 0.431 e. The van der Waals surface area contributed by atoms with Gasteiger partial charge in [-0.25, -0.2) is 0 Å². The van der Waals surface area contributed by atoms with Gasteiger partial charge in [-0.1, -0.05) is 94.4 Å². The first-order valence-electron chi connectivity index (χ1n) is 21.8. The highest BCUT2D eigenvalue weighted by Gasteiger charge is 2.55. The molecule has 6 fully saturated rings. The molecule has 9 aliphatic rings. The summed E-state index contributed by atoms with van der Waals surface area (Å²) in [4.78, 5) is 117. The summed E-state index contributed by atoms with van der Waals surface area (Å²) in [6.07, 6.45) is 13.4. The molecule has 2 aliphatic heterocycles. The van der Waals surface area contributed by atoms with Gasteiger partial charge in [-0.15, -0.1) is 0 Å². The molecule has 0 spiro atoms. The summed E-state index contributed by atoms with van der Waals surface area (Å²) in [5.74, 6) is 1.39. The average Bonchev–Trinajstić information content (AvgIpc) is 4.16. The van der Waals surface area contributed by atoms with Gasteiger partial charge in [0.15, 0.2) is 23.1 Å². The Kier molecular flexibility index (Phi) is 25.5. The van der Waals surface area contributed by atoms with Crippen molar-refractivity contribution in [3.63, 3.8) is 0 Å². The zero-order valence-electron chi connectivity index (χ0n) is 37.7. The van der Waals surface area contributed by atoms with Crippen LogP contribution in [0.25, 0.3) is 0 Å². The van der Waals surface area contributed by atoms with Crippen molar-refractivity contribution in [1.82, 2.24) is 0 Å². The van der Waals surface area contributed by atoms with Crippen LogP contribution < -0.4 is 0 Å².